The molecule has 154 valence electrons. The van der Waals surface area contributed by atoms with Gasteiger partial charge >= 0.3 is 0 Å². The number of benzene rings is 1. The van der Waals surface area contributed by atoms with Crippen molar-refractivity contribution in [3.05, 3.63) is 35.4 Å². The van der Waals surface area contributed by atoms with Crippen molar-refractivity contribution in [1.29, 1.82) is 0 Å². The van der Waals surface area contributed by atoms with Gasteiger partial charge in [0.1, 0.15) is 0 Å². The lowest BCUT2D eigenvalue weighted by Crippen LogP contribution is -2.42. The zero-order valence-electron chi connectivity index (χ0n) is 17.6. The van der Waals surface area contributed by atoms with Crippen LogP contribution in [0.5, 0.6) is 0 Å². The predicted molar refractivity (Wildman–Crippen MR) is 113 cm³/mol. The van der Waals surface area contributed by atoms with Crippen molar-refractivity contribution >= 4 is 5.91 Å². The van der Waals surface area contributed by atoms with Crippen LogP contribution >= 0.6 is 0 Å². The summed E-state index contributed by atoms with van der Waals surface area (Å²) in [6.45, 7) is 7.37. The number of amides is 1. The van der Waals surface area contributed by atoms with Crippen LogP contribution in [0.3, 0.4) is 0 Å². The van der Waals surface area contributed by atoms with Crippen LogP contribution in [0.15, 0.2) is 24.3 Å². The van der Waals surface area contributed by atoms with Gasteiger partial charge in [-0.25, -0.2) is 0 Å². The molecule has 4 rings (SSSR count). The van der Waals surface area contributed by atoms with E-state index in [1.807, 2.05) is 11.9 Å². The Bertz CT molecular complexity index is 679. The highest BCUT2D eigenvalue weighted by molar-refractivity contribution is 5.82. The average Bonchev–Trinajstić information content (AvgIpc) is 3.31. The number of hydrogen-bond acceptors (Lipinski definition) is 4. The average molecular weight is 385 g/mol. The molecule has 1 spiro atoms. The van der Waals surface area contributed by atoms with E-state index in [1.165, 1.54) is 49.9 Å². The van der Waals surface area contributed by atoms with E-state index in [9.17, 15) is 4.79 Å². The molecule has 3 aliphatic heterocycles. The van der Waals surface area contributed by atoms with E-state index in [2.05, 4.69) is 46.4 Å². The number of piperidine rings is 1. The SMILES string of the molecule is CN(Cc1ccccc1CN1CCCC1)C(=O)[C@H]1CC2(CCNCC2)CN1C. The molecule has 1 atom stereocenters. The van der Waals surface area contributed by atoms with Gasteiger partial charge in [0.2, 0.25) is 5.91 Å². The van der Waals surface area contributed by atoms with Crippen LogP contribution in [0, 0.1) is 5.41 Å². The molecule has 5 heteroatoms. The van der Waals surface area contributed by atoms with Crippen molar-refractivity contribution in [3.8, 4) is 0 Å². The van der Waals surface area contributed by atoms with E-state index in [4.69, 9.17) is 0 Å². The third kappa shape index (κ3) is 4.27. The highest BCUT2D eigenvalue weighted by Gasteiger charge is 2.46. The van der Waals surface area contributed by atoms with Crippen molar-refractivity contribution < 1.29 is 4.79 Å². The van der Waals surface area contributed by atoms with Crippen LogP contribution < -0.4 is 5.32 Å². The highest BCUT2D eigenvalue weighted by atomic mass is 16.2. The van der Waals surface area contributed by atoms with Gasteiger partial charge in [-0.05, 0) is 81.9 Å². The Morgan fingerprint density at radius 1 is 1.18 bits per heavy atom. The minimum absolute atomic E-state index is 0.0360. The molecule has 3 fully saturated rings. The third-order valence-electron chi connectivity index (χ3n) is 7.19. The molecule has 1 aromatic rings. The zero-order valence-corrected chi connectivity index (χ0v) is 17.6. The fourth-order valence-electron chi connectivity index (χ4n) is 5.50. The smallest absolute Gasteiger partial charge is 0.239 e. The molecular formula is C23H36N4O. The second-order valence-electron chi connectivity index (χ2n) is 9.33. The molecule has 0 saturated carbocycles. The summed E-state index contributed by atoms with van der Waals surface area (Å²) in [6.07, 6.45) is 6.04. The Balaban J connectivity index is 1.41. The lowest BCUT2D eigenvalue weighted by atomic mass is 9.77. The summed E-state index contributed by atoms with van der Waals surface area (Å²) in [5, 5.41) is 3.47. The van der Waals surface area contributed by atoms with E-state index in [0.29, 0.717) is 12.0 Å². The van der Waals surface area contributed by atoms with Crippen molar-refractivity contribution in [1.82, 2.24) is 20.0 Å². The first-order chi connectivity index (χ1) is 13.6. The molecule has 3 saturated heterocycles. The Labute approximate surface area is 170 Å². The van der Waals surface area contributed by atoms with Gasteiger partial charge in [0.25, 0.3) is 0 Å². The van der Waals surface area contributed by atoms with Gasteiger partial charge in [-0.2, -0.15) is 0 Å². The second-order valence-corrected chi connectivity index (χ2v) is 9.33. The number of nitrogens with one attached hydrogen (secondary N) is 1. The summed E-state index contributed by atoms with van der Waals surface area (Å²) in [5.74, 6) is 0.286. The van der Waals surface area contributed by atoms with Crippen molar-refractivity contribution in [2.24, 2.45) is 5.41 Å². The fraction of sp³-hybridized carbons (Fsp3) is 0.696. The van der Waals surface area contributed by atoms with Crippen LogP contribution in [0.4, 0.5) is 0 Å². The van der Waals surface area contributed by atoms with Gasteiger partial charge in [-0.1, -0.05) is 24.3 Å². The molecule has 5 nitrogen and oxygen atoms in total. The Kier molecular flexibility index (Phi) is 6.04. The van der Waals surface area contributed by atoms with E-state index in [-0.39, 0.29) is 11.9 Å². The molecule has 0 aromatic heterocycles. The summed E-state index contributed by atoms with van der Waals surface area (Å²) < 4.78 is 0. The Morgan fingerprint density at radius 3 is 2.57 bits per heavy atom. The van der Waals surface area contributed by atoms with Gasteiger partial charge in [-0.15, -0.1) is 0 Å². The van der Waals surface area contributed by atoms with Gasteiger partial charge in [-0.3, -0.25) is 14.6 Å². The largest absolute Gasteiger partial charge is 0.340 e. The summed E-state index contributed by atoms with van der Waals surface area (Å²) in [5.41, 5.74) is 3.01. The number of likely N-dealkylation sites (N-methyl/N-ethyl adjacent to an activating group) is 2. The maximum Gasteiger partial charge on any atom is 0.239 e. The molecule has 0 aliphatic carbocycles. The number of carbonyl (C=O) groups excluding carboxylic acids is 1. The molecule has 1 amide bonds. The first-order valence-corrected chi connectivity index (χ1v) is 11.0. The molecular weight excluding hydrogens is 348 g/mol. The minimum Gasteiger partial charge on any atom is -0.340 e. The van der Waals surface area contributed by atoms with E-state index in [1.54, 1.807) is 0 Å². The molecule has 3 aliphatic rings. The number of hydrogen-bond donors (Lipinski definition) is 1. The quantitative estimate of drug-likeness (QED) is 0.846. The van der Waals surface area contributed by atoms with Crippen LogP contribution in [0.2, 0.25) is 0 Å². The van der Waals surface area contributed by atoms with E-state index < -0.39 is 0 Å². The minimum atomic E-state index is 0.0360. The van der Waals surface area contributed by atoms with Gasteiger partial charge in [0, 0.05) is 26.7 Å². The first-order valence-electron chi connectivity index (χ1n) is 11.0. The lowest BCUT2D eigenvalue weighted by molar-refractivity contribution is -0.134. The molecule has 1 N–H and O–H groups in total. The number of carbonyl (C=O) groups is 1. The number of nitrogens with zero attached hydrogens (tertiary/aromatic N) is 3. The summed E-state index contributed by atoms with van der Waals surface area (Å²) in [7, 11) is 4.12. The summed E-state index contributed by atoms with van der Waals surface area (Å²) >= 11 is 0. The van der Waals surface area contributed by atoms with Crippen LogP contribution in [0.25, 0.3) is 0 Å². The standard InChI is InChI=1S/C23H36N4O/c1-25(16-19-7-3-4-8-20(19)17-27-13-5-6-14-27)22(28)21-15-23(18-26(21)2)9-11-24-12-10-23/h3-4,7-8,21,24H,5-6,9-18H2,1-2H3/t21-/m1/s1. The van der Waals surface area contributed by atoms with Crippen molar-refractivity contribution in [2.75, 3.05) is 46.8 Å². The van der Waals surface area contributed by atoms with Crippen LogP contribution in [0.1, 0.15) is 43.2 Å². The molecule has 28 heavy (non-hydrogen) atoms. The maximum atomic E-state index is 13.3. The Morgan fingerprint density at radius 2 is 1.86 bits per heavy atom. The van der Waals surface area contributed by atoms with Crippen molar-refractivity contribution in [3.63, 3.8) is 0 Å². The monoisotopic (exact) mass is 384 g/mol. The highest BCUT2D eigenvalue weighted by Crippen LogP contribution is 2.41. The van der Waals surface area contributed by atoms with Crippen LogP contribution in [-0.4, -0.2) is 73.5 Å². The third-order valence-corrected chi connectivity index (χ3v) is 7.19. The van der Waals surface area contributed by atoms with Gasteiger partial charge in [0.15, 0.2) is 0 Å². The van der Waals surface area contributed by atoms with E-state index in [0.717, 1.165) is 32.6 Å². The first kappa shape index (κ1) is 19.9. The molecule has 0 unspecified atom stereocenters. The van der Waals surface area contributed by atoms with Crippen molar-refractivity contribution in [2.45, 2.75) is 51.2 Å². The van der Waals surface area contributed by atoms with Gasteiger partial charge < -0.3 is 10.2 Å². The molecule has 0 radical (unpaired) electrons. The number of likely N-dealkylation sites (tertiary alicyclic amines) is 2. The topological polar surface area (TPSA) is 38.8 Å². The lowest BCUT2D eigenvalue weighted by Gasteiger charge is -2.33. The van der Waals surface area contributed by atoms with E-state index >= 15 is 0 Å². The molecule has 3 heterocycles. The van der Waals surface area contributed by atoms with Crippen LogP contribution in [-0.2, 0) is 17.9 Å². The Hall–Kier alpha value is -1.43. The number of rotatable bonds is 5. The van der Waals surface area contributed by atoms with Gasteiger partial charge in [0.05, 0.1) is 6.04 Å². The zero-order chi connectivity index (χ0) is 19.6. The summed E-state index contributed by atoms with van der Waals surface area (Å²) in [4.78, 5) is 20.1. The molecule has 1 aromatic carbocycles. The fourth-order valence-corrected chi connectivity index (χ4v) is 5.50. The second kappa shape index (κ2) is 8.52. The molecule has 0 bridgehead atoms. The maximum absolute atomic E-state index is 13.3. The normalized spacial score (nSPS) is 25.4. The summed E-state index contributed by atoms with van der Waals surface area (Å²) in [6, 6.07) is 8.70. The predicted octanol–water partition coefficient (Wildman–Crippen LogP) is 2.31.